The average molecular weight is 504 g/mol. The number of esters is 2. The van der Waals surface area contributed by atoms with Gasteiger partial charge in [0.1, 0.15) is 36.7 Å². The molecule has 1 aliphatic rings. The Labute approximate surface area is 213 Å². The number of benzene rings is 3. The summed E-state index contributed by atoms with van der Waals surface area (Å²) in [5.74, 6) is -1.35. The second-order valence-electron chi connectivity index (χ2n) is 8.27. The van der Waals surface area contributed by atoms with Gasteiger partial charge in [0.15, 0.2) is 0 Å². The van der Waals surface area contributed by atoms with Crippen LogP contribution in [-0.4, -0.2) is 48.1 Å². The number of para-hydroxylation sites is 1. The highest BCUT2D eigenvalue weighted by molar-refractivity contribution is 5.93. The van der Waals surface area contributed by atoms with Gasteiger partial charge in [0.05, 0.1) is 6.54 Å². The van der Waals surface area contributed by atoms with Crippen LogP contribution in [0.3, 0.4) is 0 Å². The summed E-state index contributed by atoms with van der Waals surface area (Å²) in [5, 5.41) is 0. The Balaban J connectivity index is 1.45. The number of nitrogens with zero attached hydrogens (tertiary/aromatic N) is 1. The van der Waals surface area contributed by atoms with Crippen LogP contribution < -0.4 is 4.74 Å². The first-order valence-corrected chi connectivity index (χ1v) is 11.6. The van der Waals surface area contributed by atoms with Crippen LogP contribution in [0.5, 0.6) is 5.75 Å². The summed E-state index contributed by atoms with van der Waals surface area (Å²) in [7, 11) is 0. The first-order valence-electron chi connectivity index (χ1n) is 11.6. The van der Waals surface area contributed by atoms with Crippen LogP contribution in [0, 0.1) is 0 Å². The Morgan fingerprint density at radius 2 is 1.41 bits per heavy atom. The lowest BCUT2D eigenvalue weighted by Gasteiger charge is -2.22. The number of hydrogen-bond donors (Lipinski definition) is 0. The van der Waals surface area contributed by atoms with Gasteiger partial charge in [-0.15, -0.1) is 0 Å². The van der Waals surface area contributed by atoms with E-state index in [-0.39, 0.29) is 44.0 Å². The third kappa shape index (κ3) is 6.72. The molecule has 190 valence electrons. The minimum Gasteiger partial charge on any atom is -0.459 e. The maximum atomic E-state index is 13.0. The van der Waals surface area contributed by atoms with E-state index in [1.165, 1.54) is 17.0 Å². The lowest BCUT2D eigenvalue weighted by atomic mass is 10.2. The van der Waals surface area contributed by atoms with Gasteiger partial charge in [-0.25, -0.2) is 14.4 Å². The van der Waals surface area contributed by atoms with Crippen molar-refractivity contribution in [3.63, 3.8) is 0 Å². The zero-order valence-corrected chi connectivity index (χ0v) is 19.9. The van der Waals surface area contributed by atoms with Crippen molar-refractivity contribution in [3.05, 3.63) is 102 Å². The van der Waals surface area contributed by atoms with Gasteiger partial charge in [0.2, 0.25) is 0 Å². The van der Waals surface area contributed by atoms with Crippen molar-refractivity contribution in [2.24, 2.45) is 0 Å². The fourth-order valence-corrected chi connectivity index (χ4v) is 3.94. The standard InChI is InChI=1S/C28H25NO8/c30-19-36-25-14-8-7-13-23(25)26(31)37-22-15-24(27(32)34-17-20-9-3-1-4-10-20)29(16-22)28(33)35-18-21-11-5-2-6-12-21/h1-14,19,22,24H,15-18H2/t22?,24-/m0/s1. The van der Waals surface area contributed by atoms with E-state index in [1.807, 2.05) is 60.7 Å². The van der Waals surface area contributed by atoms with Crippen molar-refractivity contribution in [3.8, 4) is 5.75 Å². The lowest BCUT2D eigenvalue weighted by Crippen LogP contribution is -2.41. The van der Waals surface area contributed by atoms with Crippen LogP contribution in [0.25, 0.3) is 0 Å². The zero-order valence-electron chi connectivity index (χ0n) is 19.9. The molecule has 1 amide bonds. The molecular formula is C28H25NO8. The molecule has 3 aromatic carbocycles. The van der Waals surface area contributed by atoms with E-state index >= 15 is 0 Å². The normalized spacial score (nSPS) is 16.5. The van der Waals surface area contributed by atoms with Crippen molar-refractivity contribution in [2.75, 3.05) is 6.54 Å². The van der Waals surface area contributed by atoms with Crippen LogP contribution in [0.4, 0.5) is 4.79 Å². The van der Waals surface area contributed by atoms with E-state index in [2.05, 4.69) is 0 Å². The molecule has 0 radical (unpaired) electrons. The molecule has 0 spiro atoms. The quantitative estimate of drug-likeness (QED) is 0.246. The summed E-state index contributed by atoms with van der Waals surface area (Å²) < 4.78 is 21.3. The predicted molar refractivity (Wildman–Crippen MR) is 130 cm³/mol. The molecule has 0 bridgehead atoms. The molecule has 0 N–H and O–H groups in total. The molecule has 1 fully saturated rings. The number of carbonyl (C=O) groups is 4. The maximum Gasteiger partial charge on any atom is 0.410 e. The largest absolute Gasteiger partial charge is 0.459 e. The summed E-state index contributed by atoms with van der Waals surface area (Å²) in [6.45, 7) is 0.193. The second kappa shape index (κ2) is 12.3. The molecule has 1 unspecified atom stereocenters. The lowest BCUT2D eigenvalue weighted by molar-refractivity contribution is -0.150. The Kier molecular flexibility index (Phi) is 8.49. The topological polar surface area (TPSA) is 108 Å². The highest BCUT2D eigenvalue weighted by Gasteiger charge is 2.43. The summed E-state index contributed by atoms with van der Waals surface area (Å²) in [6.07, 6.45) is -1.51. The predicted octanol–water partition coefficient (Wildman–Crippen LogP) is 3.90. The minimum atomic E-state index is -1.01. The molecule has 1 heterocycles. The van der Waals surface area contributed by atoms with Gasteiger partial charge in [0.25, 0.3) is 6.47 Å². The van der Waals surface area contributed by atoms with E-state index in [0.29, 0.717) is 0 Å². The number of ether oxygens (including phenoxy) is 4. The van der Waals surface area contributed by atoms with Crippen molar-refractivity contribution < 1.29 is 38.1 Å². The molecule has 3 aromatic rings. The zero-order chi connectivity index (χ0) is 26.0. The second-order valence-corrected chi connectivity index (χ2v) is 8.27. The molecule has 4 rings (SSSR count). The van der Waals surface area contributed by atoms with Crippen LogP contribution in [0.15, 0.2) is 84.9 Å². The van der Waals surface area contributed by atoms with E-state index < -0.39 is 30.2 Å². The van der Waals surface area contributed by atoms with Crippen molar-refractivity contribution in [1.82, 2.24) is 4.90 Å². The SMILES string of the molecule is O=COc1ccccc1C(=O)OC1C[C@@H](C(=O)OCc2ccccc2)N(C(=O)OCc2ccccc2)C1. The van der Waals surface area contributed by atoms with Gasteiger partial charge in [-0.05, 0) is 23.3 Å². The Hall–Kier alpha value is -4.66. The van der Waals surface area contributed by atoms with E-state index in [9.17, 15) is 19.2 Å². The minimum absolute atomic E-state index is 0.0167. The summed E-state index contributed by atoms with van der Waals surface area (Å²) >= 11 is 0. The Morgan fingerprint density at radius 1 is 0.811 bits per heavy atom. The molecular weight excluding hydrogens is 478 g/mol. The Morgan fingerprint density at radius 3 is 2.05 bits per heavy atom. The number of hydrogen-bond acceptors (Lipinski definition) is 8. The first kappa shape index (κ1) is 25.4. The third-order valence-electron chi connectivity index (χ3n) is 5.75. The molecule has 0 aliphatic carbocycles. The molecule has 1 aliphatic heterocycles. The molecule has 37 heavy (non-hydrogen) atoms. The molecule has 1 saturated heterocycles. The van der Waals surface area contributed by atoms with E-state index in [1.54, 1.807) is 12.1 Å². The van der Waals surface area contributed by atoms with Crippen LogP contribution in [0.1, 0.15) is 27.9 Å². The summed E-state index contributed by atoms with van der Waals surface area (Å²) in [4.78, 5) is 50.7. The number of amides is 1. The first-order chi connectivity index (χ1) is 18.0. The van der Waals surface area contributed by atoms with Crippen LogP contribution in [0.2, 0.25) is 0 Å². The van der Waals surface area contributed by atoms with Gasteiger partial charge in [-0.2, -0.15) is 0 Å². The molecule has 9 nitrogen and oxygen atoms in total. The number of carbonyl (C=O) groups excluding carboxylic acids is 4. The van der Waals surface area contributed by atoms with Crippen molar-refractivity contribution >= 4 is 24.5 Å². The average Bonchev–Trinajstić information content (AvgIpc) is 3.36. The molecule has 9 heteroatoms. The smallest absolute Gasteiger partial charge is 0.410 e. The van der Waals surface area contributed by atoms with Crippen LogP contribution in [-0.2, 0) is 37.0 Å². The summed E-state index contributed by atoms with van der Waals surface area (Å²) in [5.41, 5.74) is 1.62. The highest BCUT2D eigenvalue weighted by Crippen LogP contribution is 2.26. The van der Waals surface area contributed by atoms with Crippen LogP contribution >= 0.6 is 0 Å². The maximum absolute atomic E-state index is 13.0. The van der Waals surface area contributed by atoms with Gasteiger partial charge >= 0.3 is 18.0 Å². The molecule has 0 aromatic heterocycles. The van der Waals surface area contributed by atoms with Gasteiger partial charge in [0, 0.05) is 6.42 Å². The number of likely N-dealkylation sites (tertiary alicyclic amines) is 1. The fraction of sp³-hybridized carbons (Fsp3) is 0.214. The van der Waals surface area contributed by atoms with Crippen molar-refractivity contribution in [1.29, 1.82) is 0 Å². The highest BCUT2D eigenvalue weighted by atomic mass is 16.6. The summed E-state index contributed by atoms with van der Waals surface area (Å²) in [6, 6.07) is 23.4. The fourth-order valence-electron chi connectivity index (χ4n) is 3.94. The monoisotopic (exact) mass is 503 g/mol. The van der Waals surface area contributed by atoms with Gasteiger partial charge in [-0.3, -0.25) is 9.69 Å². The van der Waals surface area contributed by atoms with Gasteiger partial charge in [-0.1, -0.05) is 72.8 Å². The van der Waals surface area contributed by atoms with E-state index in [0.717, 1.165) is 11.1 Å². The van der Waals surface area contributed by atoms with E-state index in [4.69, 9.17) is 18.9 Å². The van der Waals surface area contributed by atoms with Gasteiger partial charge < -0.3 is 18.9 Å². The molecule has 2 atom stereocenters. The van der Waals surface area contributed by atoms with Crippen molar-refractivity contribution in [2.45, 2.75) is 31.8 Å². The molecule has 0 saturated carbocycles. The number of rotatable bonds is 9. The Bertz CT molecular complexity index is 1170. The third-order valence-corrected chi connectivity index (χ3v) is 5.75.